The van der Waals surface area contributed by atoms with Gasteiger partial charge in [-0.3, -0.25) is 9.69 Å². The summed E-state index contributed by atoms with van der Waals surface area (Å²) >= 11 is 5.85. The first-order valence-corrected chi connectivity index (χ1v) is 12.3. The normalized spacial score (nSPS) is 15.3. The number of halogens is 1. The molecule has 3 aromatic rings. The SMILES string of the molecule is O=C(COc1ccc(Cl)cc1)Nc1ccc(N2CCCN(CC(O)COCc3ccco3)CC2)nc1. The molecule has 9 nitrogen and oxygen atoms in total. The maximum Gasteiger partial charge on any atom is 0.262 e. The summed E-state index contributed by atoms with van der Waals surface area (Å²) < 4.78 is 16.3. The Kier molecular flexibility index (Phi) is 9.57. The van der Waals surface area contributed by atoms with E-state index in [2.05, 4.69) is 20.1 Å². The first-order valence-electron chi connectivity index (χ1n) is 11.9. The van der Waals surface area contributed by atoms with Gasteiger partial charge in [0, 0.05) is 31.2 Å². The summed E-state index contributed by atoms with van der Waals surface area (Å²) in [6.07, 6.45) is 3.66. The van der Waals surface area contributed by atoms with Crippen molar-refractivity contribution in [2.45, 2.75) is 19.1 Å². The van der Waals surface area contributed by atoms with Gasteiger partial charge in [0.05, 0.1) is 30.9 Å². The molecule has 0 radical (unpaired) electrons. The Hall–Kier alpha value is -3.11. The van der Waals surface area contributed by atoms with Gasteiger partial charge in [0.15, 0.2) is 6.61 Å². The zero-order valence-electron chi connectivity index (χ0n) is 20.0. The molecule has 0 saturated carbocycles. The molecule has 1 aliphatic heterocycles. The monoisotopic (exact) mass is 514 g/mol. The highest BCUT2D eigenvalue weighted by atomic mass is 35.5. The lowest BCUT2D eigenvalue weighted by atomic mass is 10.3. The third-order valence-electron chi connectivity index (χ3n) is 5.73. The maximum atomic E-state index is 12.2. The molecule has 2 aromatic heterocycles. The second-order valence-corrected chi connectivity index (χ2v) is 9.02. The largest absolute Gasteiger partial charge is 0.484 e. The van der Waals surface area contributed by atoms with Gasteiger partial charge in [-0.25, -0.2) is 4.98 Å². The number of carbonyl (C=O) groups excluding carboxylic acids is 1. The number of benzene rings is 1. The van der Waals surface area contributed by atoms with Crippen LogP contribution in [0.1, 0.15) is 12.2 Å². The Labute approximate surface area is 215 Å². The first kappa shape index (κ1) is 26.0. The van der Waals surface area contributed by atoms with Crippen LogP contribution >= 0.6 is 11.6 Å². The predicted molar refractivity (Wildman–Crippen MR) is 137 cm³/mol. The van der Waals surface area contributed by atoms with Crippen LogP contribution in [0.2, 0.25) is 5.02 Å². The molecule has 1 unspecified atom stereocenters. The number of aromatic nitrogens is 1. The van der Waals surface area contributed by atoms with E-state index >= 15 is 0 Å². The van der Waals surface area contributed by atoms with E-state index < -0.39 is 6.10 Å². The van der Waals surface area contributed by atoms with Gasteiger partial charge in [0.2, 0.25) is 0 Å². The highest BCUT2D eigenvalue weighted by molar-refractivity contribution is 6.30. The summed E-state index contributed by atoms with van der Waals surface area (Å²) in [7, 11) is 0. The van der Waals surface area contributed by atoms with Crippen LogP contribution in [-0.2, 0) is 16.1 Å². The zero-order valence-corrected chi connectivity index (χ0v) is 20.8. The van der Waals surface area contributed by atoms with Crippen molar-refractivity contribution in [3.05, 3.63) is 71.8 Å². The van der Waals surface area contributed by atoms with Gasteiger partial charge in [0.1, 0.15) is 23.9 Å². The molecule has 1 saturated heterocycles. The van der Waals surface area contributed by atoms with Gasteiger partial charge in [-0.05, 0) is 61.5 Å². The van der Waals surface area contributed by atoms with E-state index in [0.717, 1.165) is 44.2 Å². The van der Waals surface area contributed by atoms with Crippen LogP contribution in [0.15, 0.2) is 65.4 Å². The number of ether oxygens (including phenoxy) is 2. The maximum absolute atomic E-state index is 12.2. The van der Waals surface area contributed by atoms with Gasteiger partial charge >= 0.3 is 0 Å². The van der Waals surface area contributed by atoms with Gasteiger partial charge in [-0.2, -0.15) is 0 Å². The number of aliphatic hydroxyl groups is 1. The van der Waals surface area contributed by atoms with E-state index in [4.69, 9.17) is 25.5 Å². The molecular weight excluding hydrogens is 484 g/mol. The molecule has 192 valence electrons. The van der Waals surface area contributed by atoms with Crippen molar-refractivity contribution >= 4 is 29.0 Å². The molecule has 0 bridgehead atoms. The van der Waals surface area contributed by atoms with Crippen LogP contribution in [0.5, 0.6) is 5.75 Å². The molecule has 1 amide bonds. The van der Waals surface area contributed by atoms with Crippen molar-refractivity contribution in [3.63, 3.8) is 0 Å². The number of anilines is 2. The molecule has 1 aromatic carbocycles. The third kappa shape index (κ3) is 8.23. The molecule has 2 N–H and O–H groups in total. The smallest absolute Gasteiger partial charge is 0.262 e. The Balaban J connectivity index is 1.17. The Morgan fingerprint density at radius 3 is 2.75 bits per heavy atom. The van der Waals surface area contributed by atoms with Crippen LogP contribution < -0.4 is 15.0 Å². The van der Waals surface area contributed by atoms with Gasteiger partial charge in [-0.1, -0.05) is 11.6 Å². The average Bonchev–Trinajstić information content (AvgIpc) is 3.29. The summed E-state index contributed by atoms with van der Waals surface area (Å²) in [4.78, 5) is 21.2. The highest BCUT2D eigenvalue weighted by Crippen LogP contribution is 2.18. The molecule has 1 aliphatic rings. The summed E-state index contributed by atoms with van der Waals surface area (Å²) in [6.45, 7) is 4.46. The Morgan fingerprint density at radius 1 is 1.14 bits per heavy atom. The van der Waals surface area contributed by atoms with Crippen molar-refractivity contribution in [2.24, 2.45) is 0 Å². The minimum Gasteiger partial charge on any atom is -0.484 e. The summed E-state index contributed by atoms with van der Waals surface area (Å²) in [5.74, 6) is 1.91. The second kappa shape index (κ2) is 13.3. The Morgan fingerprint density at radius 2 is 2.00 bits per heavy atom. The fourth-order valence-electron chi connectivity index (χ4n) is 3.95. The molecule has 0 spiro atoms. The van der Waals surface area contributed by atoms with E-state index in [1.165, 1.54) is 0 Å². The lowest BCUT2D eigenvalue weighted by Gasteiger charge is -2.24. The molecular formula is C26H31ClN4O5. The van der Waals surface area contributed by atoms with E-state index in [0.29, 0.717) is 29.6 Å². The topological polar surface area (TPSA) is 100 Å². The van der Waals surface area contributed by atoms with Gasteiger partial charge < -0.3 is 29.2 Å². The molecule has 1 fully saturated rings. The zero-order chi connectivity index (χ0) is 25.2. The molecule has 10 heteroatoms. The number of carbonyl (C=O) groups is 1. The number of nitrogens with zero attached hydrogens (tertiary/aromatic N) is 3. The second-order valence-electron chi connectivity index (χ2n) is 8.59. The molecule has 0 aliphatic carbocycles. The molecule has 3 heterocycles. The third-order valence-corrected chi connectivity index (χ3v) is 5.98. The van der Waals surface area contributed by atoms with Crippen molar-refractivity contribution in [1.82, 2.24) is 9.88 Å². The number of pyridine rings is 1. The van der Waals surface area contributed by atoms with Crippen LogP contribution in [-0.4, -0.2) is 72.9 Å². The number of amides is 1. The van der Waals surface area contributed by atoms with Crippen LogP contribution in [0.25, 0.3) is 0 Å². The van der Waals surface area contributed by atoms with Crippen LogP contribution in [0.4, 0.5) is 11.5 Å². The molecule has 4 rings (SSSR count). The molecule has 1 atom stereocenters. The van der Waals surface area contributed by atoms with E-state index in [-0.39, 0.29) is 19.1 Å². The van der Waals surface area contributed by atoms with Gasteiger partial charge in [0.25, 0.3) is 5.91 Å². The van der Waals surface area contributed by atoms with E-state index in [1.54, 1.807) is 36.7 Å². The van der Waals surface area contributed by atoms with Crippen LogP contribution in [0, 0.1) is 0 Å². The summed E-state index contributed by atoms with van der Waals surface area (Å²) in [5, 5.41) is 13.8. The number of furan rings is 1. The fraction of sp³-hybridized carbons (Fsp3) is 0.385. The predicted octanol–water partition coefficient (Wildman–Crippen LogP) is 3.44. The lowest BCUT2D eigenvalue weighted by molar-refractivity contribution is -0.118. The van der Waals surface area contributed by atoms with Gasteiger partial charge in [-0.15, -0.1) is 0 Å². The Bertz CT molecular complexity index is 1060. The quantitative estimate of drug-likeness (QED) is 0.401. The number of hydrogen-bond acceptors (Lipinski definition) is 8. The number of β-amino-alcohol motifs (C(OH)–C–C–N with tert-alkyl or cyclic N) is 1. The number of rotatable bonds is 11. The number of hydrogen-bond donors (Lipinski definition) is 2. The number of nitrogens with one attached hydrogen (secondary N) is 1. The summed E-state index contributed by atoms with van der Waals surface area (Å²) in [5.41, 5.74) is 0.609. The minimum absolute atomic E-state index is 0.106. The minimum atomic E-state index is -0.559. The lowest BCUT2D eigenvalue weighted by Crippen LogP contribution is -2.37. The van der Waals surface area contributed by atoms with E-state index in [9.17, 15) is 9.90 Å². The van der Waals surface area contributed by atoms with E-state index in [1.807, 2.05) is 24.3 Å². The summed E-state index contributed by atoms with van der Waals surface area (Å²) in [6, 6.07) is 14.3. The van der Waals surface area contributed by atoms with Crippen molar-refractivity contribution in [1.29, 1.82) is 0 Å². The fourth-order valence-corrected chi connectivity index (χ4v) is 4.07. The first-order chi connectivity index (χ1) is 17.5. The number of aliphatic hydroxyl groups excluding tert-OH is 1. The highest BCUT2D eigenvalue weighted by Gasteiger charge is 2.19. The standard InChI is InChI=1S/C26H31ClN4O5/c27-20-4-7-23(8-5-20)36-19-26(33)29-21-6-9-25(28-15-21)31-11-2-10-30(12-13-31)16-22(32)17-34-18-24-3-1-14-35-24/h1,3-9,14-15,22,32H,2,10-13,16-19H2,(H,29,33). The molecule has 36 heavy (non-hydrogen) atoms. The average molecular weight is 515 g/mol. The van der Waals surface area contributed by atoms with Crippen molar-refractivity contribution in [3.8, 4) is 5.75 Å². The van der Waals surface area contributed by atoms with Crippen LogP contribution in [0.3, 0.4) is 0 Å². The van der Waals surface area contributed by atoms with Crippen molar-refractivity contribution in [2.75, 3.05) is 56.2 Å². The van der Waals surface area contributed by atoms with Crippen molar-refractivity contribution < 1.29 is 23.8 Å².